The van der Waals surface area contributed by atoms with Gasteiger partial charge in [-0.15, -0.1) is 11.3 Å². The molecular formula is C25H26ClN5O2S. The molecule has 0 bridgehead atoms. The fraction of sp³-hybridized carbons (Fsp3) is 0.320. The van der Waals surface area contributed by atoms with Crippen LogP contribution in [0.2, 0.25) is 5.02 Å². The van der Waals surface area contributed by atoms with Gasteiger partial charge in [-0.2, -0.15) is 0 Å². The summed E-state index contributed by atoms with van der Waals surface area (Å²) in [4.78, 5) is 35.6. The number of hydrogen-bond donors (Lipinski definition) is 1. The standard InChI is InChI=1S/C25H26ClN5O2S/c26-20-2-1-3-21(12-20)27-13-18-4-6-19(7-5-18)24(32)31-14-22(15-31)29-8-10-30(11-9-29)25(33)23-16-34-17-28-23/h1-7,12,16-17,22,27H,8-11,13-15H2. The van der Waals surface area contributed by atoms with Crippen LogP contribution in [-0.2, 0) is 6.54 Å². The van der Waals surface area contributed by atoms with Crippen molar-refractivity contribution in [1.82, 2.24) is 19.7 Å². The number of aromatic nitrogens is 1. The van der Waals surface area contributed by atoms with E-state index >= 15 is 0 Å². The van der Waals surface area contributed by atoms with Gasteiger partial charge in [0.2, 0.25) is 0 Å². The number of carbonyl (C=O) groups excluding carboxylic acids is 2. The Bertz CT molecular complexity index is 1140. The van der Waals surface area contributed by atoms with Crippen LogP contribution in [0.3, 0.4) is 0 Å². The van der Waals surface area contributed by atoms with Crippen LogP contribution in [0, 0.1) is 0 Å². The van der Waals surface area contributed by atoms with Crippen molar-refractivity contribution in [1.29, 1.82) is 0 Å². The number of carbonyl (C=O) groups is 2. The quantitative estimate of drug-likeness (QED) is 0.565. The number of nitrogens with one attached hydrogen (secondary N) is 1. The van der Waals surface area contributed by atoms with Gasteiger partial charge in [0.05, 0.1) is 5.51 Å². The smallest absolute Gasteiger partial charge is 0.273 e. The van der Waals surface area contributed by atoms with Gasteiger partial charge in [-0.3, -0.25) is 14.5 Å². The highest BCUT2D eigenvalue weighted by molar-refractivity contribution is 7.07. The van der Waals surface area contributed by atoms with Crippen LogP contribution < -0.4 is 5.32 Å². The molecule has 3 aromatic rings. The zero-order valence-corrected chi connectivity index (χ0v) is 20.3. The average Bonchev–Trinajstić information content (AvgIpc) is 3.37. The van der Waals surface area contributed by atoms with E-state index in [-0.39, 0.29) is 11.8 Å². The molecule has 1 aromatic heterocycles. The minimum atomic E-state index is 0.0116. The number of piperazine rings is 1. The van der Waals surface area contributed by atoms with E-state index in [1.807, 2.05) is 58.3 Å². The van der Waals surface area contributed by atoms with E-state index in [0.29, 0.717) is 42.0 Å². The predicted octanol–water partition coefficient (Wildman–Crippen LogP) is 3.69. The van der Waals surface area contributed by atoms with E-state index in [1.165, 1.54) is 11.3 Å². The summed E-state index contributed by atoms with van der Waals surface area (Å²) in [6.45, 7) is 5.19. The zero-order valence-electron chi connectivity index (χ0n) is 18.7. The molecule has 2 amide bonds. The maximum absolute atomic E-state index is 12.9. The average molecular weight is 496 g/mol. The molecule has 1 N–H and O–H groups in total. The minimum absolute atomic E-state index is 0.0116. The molecule has 0 spiro atoms. The minimum Gasteiger partial charge on any atom is -0.381 e. The summed E-state index contributed by atoms with van der Waals surface area (Å²) in [6.07, 6.45) is 0. The first-order chi connectivity index (χ1) is 16.6. The lowest BCUT2D eigenvalue weighted by molar-refractivity contribution is 0.00844. The van der Waals surface area contributed by atoms with E-state index in [1.54, 1.807) is 10.9 Å². The van der Waals surface area contributed by atoms with Crippen LogP contribution in [0.5, 0.6) is 0 Å². The van der Waals surface area contributed by atoms with Crippen molar-refractivity contribution in [2.45, 2.75) is 12.6 Å². The number of benzene rings is 2. The Labute approximate surface area is 207 Å². The Hall–Kier alpha value is -2.94. The van der Waals surface area contributed by atoms with Gasteiger partial charge in [0, 0.05) is 73.5 Å². The predicted molar refractivity (Wildman–Crippen MR) is 135 cm³/mol. The van der Waals surface area contributed by atoms with Gasteiger partial charge in [0.1, 0.15) is 5.69 Å². The van der Waals surface area contributed by atoms with Gasteiger partial charge in [-0.1, -0.05) is 29.8 Å². The molecule has 2 fully saturated rings. The topological polar surface area (TPSA) is 68.8 Å². The first-order valence-electron chi connectivity index (χ1n) is 11.4. The van der Waals surface area contributed by atoms with E-state index in [4.69, 9.17) is 11.6 Å². The van der Waals surface area contributed by atoms with Gasteiger partial charge in [0.25, 0.3) is 11.8 Å². The van der Waals surface area contributed by atoms with Crippen molar-refractivity contribution in [3.05, 3.63) is 81.3 Å². The Morgan fingerprint density at radius 1 is 1.00 bits per heavy atom. The molecule has 5 rings (SSSR count). The van der Waals surface area contributed by atoms with E-state index in [9.17, 15) is 9.59 Å². The number of thiazole rings is 1. The van der Waals surface area contributed by atoms with Crippen LogP contribution in [0.4, 0.5) is 5.69 Å². The third-order valence-electron chi connectivity index (χ3n) is 6.44. The largest absolute Gasteiger partial charge is 0.381 e. The van der Waals surface area contributed by atoms with Crippen molar-refractivity contribution >= 4 is 40.4 Å². The lowest BCUT2D eigenvalue weighted by atomic mass is 10.0. The number of anilines is 1. The highest BCUT2D eigenvalue weighted by Gasteiger charge is 2.37. The SMILES string of the molecule is O=C(c1ccc(CNc2cccc(Cl)c2)cc1)N1CC(N2CCN(C(=O)c3cscn3)CC2)C1. The van der Waals surface area contributed by atoms with Crippen molar-refractivity contribution in [3.8, 4) is 0 Å². The monoisotopic (exact) mass is 495 g/mol. The normalized spacial score (nSPS) is 16.9. The molecule has 0 radical (unpaired) electrons. The summed E-state index contributed by atoms with van der Waals surface area (Å²) in [5.74, 6) is 0.0838. The number of amides is 2. The van der Waals surface area contributed by atoms with Crippen LogP contribution in [0.1, 0.15) is 26.4 Å². The second kappa shape index (κ2) is 10.1. The van der Waals surface area contributed by atoms with E-state index in [2.05, 4.69) is 15.2 Å². The molecule has 7 nitrogen and oxygen atoms in total. The summed E-state index contributed by atoms with van der Waals surface area (Å²) >= 11 is 7.47. The van der Waals surface area contributed by atoms with Crippen molar-refractivity contribution in [2.75, 3.05) is 44.6 Å². The summed E-state index contributed by atoms with van der Waals surface area (Å²) < 4.78 is 0. The fourth-order valence-corrected chi connectivity index (χ4v) is 5.09. The second-order valence-electron chi connectivity index (χ2n) is 8.63. The second-order valence-corrected chi connectivity index (χ2v) is 9.78. The summed E-state index contributed by atoms with van der Waals surface area (Å²) in [6, 6.07) is 15.7. The summed E-state index contributed by atoms with van der Waals surface area (Å²) in [5.41, 5.74) is 5.00. The lowest BCUT2D eigenvalue weighted by Crippen LogP contribution is -2.64. The van der Waals surface area contributed by atoms with Crippen LogP contribution in [0.25, 0.3) is 0 Å². The van der Waals surface area contributed by atoms with Crippen LogP contribution >= 0.6 is 22.9 Å². The van der Waals surface area contributed by atoms with Crippen LogP contribution in [-0.4, -0.2) is 76.8 Å². The van der Waals surface area contributed by atoms with Gasteiger partial charge in [-0.25, -0.2) is 4.98 Å². The summed E-state index contributed by atoms with van der Waals surface area (Å²) in [7, 11) is 0. The highest BCUT2D eigenvalue weighted by Crippen LogP contribution is 2.21. The number of likely N-dealkylation sites (tertiary alicyclic amines) is 1. The number of nitrogens with zero attached hydrogens (tertiary/aromatic N) is 4. The molecule has 2 aromatic carbocycles. The molecule has 2 aliphatic heterocycles. The molecule has 34 heavy (non-hydrogen) atoms. The molecule has 9 heteroatoms. The maximum atomic E-state index is 12.9. The molecule has 0 unspecified atom stereocenters. The third-order valence-corrected chi connectivity index (χ3v) is 7.26. The molecule has 176 valence electrons. The molecule has 3 heterocycles. The zero-order chi connectivity index (χ0) is 23.5. The number of rotatable bonds is 6. The van der Waals surface area contributed by atoms with Gasteiger partial charge in [0.15, 0.2) is 0 Å². The van der Waals surface area contributed by atoms with Crippen molar-refractivity contribution in [2.24, 2.45) is 0 Å². The Morgan fingerprint density at radius 2 is 1.76 bits per heavy atom. The first-order valence-corrected chi connectivity index (χ1v) is 12.7. The number of halogens is 1. The molecular weight excluding hydrogens is 470 g/mol. The fourth-order valence-electron chi connectivity index (χ4n) is 4.37. The highest BCUT2D eigenvalue weighted by atomic mass is 35.5. The molecule has 0 aliphatic carbocycles. The Morgan fingerprint density at radius 3 is 2.44 bits per heavy atom. The van der Waals surface area contributed by atoms with Gasteiger partial charge in [-0.05, 0) is 35.9 Å². The third kappa shape index (κ3) is 5.09. The van der Waals surface area contributed by atoms with E-state index < -0.39 is 0 Å². The molecule has 0 saturated carbocycles. The Balaban J connectivity index is 1.07. The maximum Gasteiger partial charge on any atom is 0.273 e. The van der Waals surface area contributed by atoms with Crippen molar-refractivity contribution in [3.63, 3.8) is 0 Å². The molecule has 2 aliphatic rings. The summed E-state index contributed by atoms with van der Waals surface area (Å²) in [5, 5.41) is 5.84. The lowest BCUT2D eigenvalue weighted by Gasteiger charge is -2.48. The van der Waals surface area contributed by atoms with Gasteiger partial charge < -0.3 is 15.1 Å². The van der Waals surface area contributed by atoms with E-state index in [0.717, 1.165) is 37.4 Å². The molecule has 2 saturated heterocycles. The van der Waals surface area contributed by atoms with Crippen LogP contribution in [0.15, 0.2) is 59.4 Å². The first kappa shape index (κ1) is 22.8. The number of hydrogen-bond acceptors (Lipinski definition) is 6. The molecule has 0 atom stereocenters. The Kier molecular flexibility index (Phi) is 6.80. The van der Waals surface area contributed by atoms with Crippen molar-refractivity contribution < 1.29 is 9.59 Å². The van der Waals surface area contributed by atoms with Gasteiger partial charge >= 0.3 is 0 Å².